The SMILES string of the molecule is C.CCc1cc(Nc2ncc(Br)c(Nc3ccc4nccnc4c3N(C)S(C)(=O)=O)n2)c(OC(C)C)cc1C1CCN(C)CC1.CCc1cc(Nc2ncc(Br)c(Nc3ccc4nccnc4c3N(C)S(C)(=O)=O)n2)c(OC(C)C)cc1C1CCNCC1.[B]B([B])B(B([B])[B])B(B(B([B])[B])B([B])[B])B(B(B([B])[B])B([B])[B])B(B([B])[B])B([B])B([B-])[B-]. The van der Waals surface area contributed by atoms with Crippen molar-refractivity contribution in [3.63, 3.8) is 0 Å². The summed E-state index contributed by atoms with van der Waals surface area (Å²) in [4.78, 5) is 38.4. The third-order valence-corrected chi connectivity index (χ3v) is 25.0. The number of hydrogen-bond donors (Lipinski definition) is 5. The van der Waals surface area contributed by atoms with E-state index in [1.165, 1.54) is 57.4 Å². The van der Waals surface area contributed by atoms with Crippen molar-refractivity contribution in [3.8, 4) is 11.5 Å². The van der Waals surface area contributed by atoms with Crippen molar-refractivity contribution in [1.29, 1.82) is 0 Å². The van der Waals surface area contributed by atoms with Crippen molar-refractivity contribution in [3.05, 3.63) is 117 Å². The lowest BCUT2D eigenvalue weighted by Gasteiger charge is -2.55. The van der Waals surface area contributed by atoms with Gasteiger partial charge in [0.25, 0.3) is 0 Å². The number of sulfonamides is 2. The van der Waals surface area contributed by atoms with Crippen LogP contribution in [0, 0.1) is 0 Å². The number of anilines is 10. The highest BCUT2D eigenvalue weighted by atomic mass is 79.9. The Bertz CT molecular complexity index is 4900. The van der Waals surface area contributed by atoms with Crippen molar-refractivity contribution in [1.82, 2.24) is 50.1 Å². The molecule has 0 atom stereocenters. The summed E-state index contributed by atoms with van der Waals surface area (Å²) in [5, 5.41) is 16.8. The van der Waals surface area contributed by atoms with Crippen molar-refractivity contribution in [2.45, 2.75) is 112 Å². The van der Waals surface area contributed by atoms with E-state index >= 15 is 0 Å². The zero-order chi connectivity index (χ0) is 88.0. The number of nitrogens with zero attached hydrogens (tertiary/aromatic N) is 11. The van der Waals surface area contributed by atoms with Crippen molar-refractivity contribution < 1.29 is 26.3 Å². The molecule has 4 aromatic carbocycles. The van der Waals surface area contributed by atoms with Gasteiger partial charge in [-0.2, -0.15) is 9.97 Å². The Balaban J connectivity index is 0.000000251. The molecule has 120 heavy (non-hydrogen) atoms. The van der Waals surface area contributed by atoms with E-state index in [2.05, 4.69) is 138 Å². The number of rotatable bonds is 34. The molecule has 0 aliphatic carbocycles. The van der Waals surface area contributed by atoms with Crippen molar-refractivity contribution in [2.75, 3.05) is 89.7 Å². The normalized spacial score (nSPS) is 13.0. The Hall–Kier alpha value is -5.02. The fourth-order valence-electron chi connectivity index (χ4n) is 15.6. The minimum atomic E-state index is -3.60. The number of benzene rings is 4. The third kappa shape index (κ3) is 26.6. The summed E-state index contributed by atoms with van der Waals surface area (Å²) >= 11 is 7.09. The predicted molar refractivity (Wildman–Crippen MR) is 547 cm³/mol. The number of ether oxygens (including phenoxy) is 2. The van der Waals surface area contributed by atoms with Crippen LogP contribution in [0.2, 0.25) is 0 Å². The third-order valence-electron chi connectivity index (χ3n) is 21.5. The molecule has 6 heterocycles. The lowest BCUT2D eigenvalue weighted by molar-refractivity contribution is 0.241. The van der Waals surface area contributed by atoms with Gasteiger partial charge in [-0.3, -0.25) is 28.5 Å². The summed E-state index contributed by atoms with van der Waals surface area (Å²) in [6, 6.07) is 15.8. The number of piperidine rings is 2. The van der Waals surface area contributed by atoms with Gasteiger partial charge in [-0.1, -0.05) is 27.7 Å². The molecule has 0 amide bonds. The van der Waals surface area contributed by atoms with Gasteiger partial charge < -0.3 is 62.8 Å². The Morgan fingerprint density at radius 1 is 0.508 bits per heavy atom. The maximum absolute atomic E-state index is 12.6. The van der Waals surface area contributed by atoms with Crippen molar-refractivity contribution in [2.24, 2.45) is 0 Å². The summed E-state index contributed by atoms with van der Waals surface area (Å²) in [6.07, 6.45) is 2.83. The monoisotopic (exact) mass is 1720 g/mol. The van der Waals surface area contributed by atoms with Crippen LogP contribution < -0.4 is 44.7 Å². The molecule has 0 bridgehead atoms. The lowest BCUT2D eigenvalue weighted by Crippen LogP contribution is -2.89. The van der Waals surface area contributed by atoms with E-state index in [9.17, 15) is 16.8 Å². The summed E-state index contributed by atoms with van der Waals surface area (Å²) in [7, 11) is 101. The molecule has 2 aliphatic rings. The molecular formula is C62H80B32Br2N16O6S2-2. The first-order valence-electron chi connectivity index (χ1n) is 39.4. The Morgan fingerprint density at radius 3 is 1.18 bits per heavy atom. The molecule has 2 aliphatic heterocycles. The molecule has 568 valence electrons. The highest BCUT2D eigenvalue weighted by Crippen LogP contribution is 2.43. The maximum Gasteiger partial charge on any atom is 0.232 e. The van der Waals surface area contributed by atoms with Crippen LogP contribution in [0.3, 0.4) is 0 Å². The van der Waals surface area contributed by atoms with Gasteiger partial charge in [-0.15, -0.1) is 0 Å². The quantitative estimate of drug-likeness (QED) is 0.0345. The van der Waals surface area contributed by atoms with Crippen LogP contribution >= 0.6 is 31.9 Å². The molecule has 58 heteroatoms. The summed E-state index contributed by atoms with van der Waals surface area (Å²) < 4.78 is 66.5. The van der Waals surface area contributed by atoms with Crippen LogP contribution in [0.1, 0.15) is 109 Å². The van der Waals surface area contributed by atoms with Gasteiger partial charge in [0.1, 0.15) is 45.5 Å². The van der Waals surface area contributed by atoms with Crippen LogP contribution in [0.5, 0.6) is 11.5 Å². The standard InChI is InChI=1S/C31H39BrN8O3S.C30H37BrN8O3S.CH4.B32/c1-7-20-16-26(27(43-19(2)3)17-22(20)21-10-14-39(4)15-11-21)37-31-35-18-23(32)30(38-31)36-25-9-8-24-28(34-13-12-33-24)29(25)40(5)44(6,41)42;1-6-19-15-25(26(42-18(2)3)16-21(19)20-9-11-32-12-10-20)37-30-35-17-22(31)29(38-30)36-24-8-7-23-27(34-14-13-33-23)28(24)39(4)43(5,40)41;;1-18(2)26(17)30(25(15)16)32(29(23(11)12)24(13)14)31(27(19(3)4)20(5)6)28(21(7)8)22(9)10/h8-9,12-13,16-19,21H,7,10-11,14-15H2,1-6H3,(H2,35,36,37,38);7-8,13-18,20,32H,6,9-12H2,1-5H3,(H2,35,36,37,38);1H4;/q;;;-2. The number of hydrogen-bond acceptors (Lipinski definition) is 20. The largest absolute Gasteiger partial charge is 0.729 e. The minimum Gasteiger partial charge on any atom is -0.729 e. The average molecular weight is 1720 g/mol. The molecule has 0 spiro atoms. The maximum atomic E-state index is 12.6. The number of nitrogens with one attached hydrogen (secondary N) is 5. The second-order valence-electron chi connectivity index (χ2n) is 30.9. The highest BCUT2D eigenvalue weighted by molar-refractivity contribution is 9.11. The molecular weight excluding hydrogens is 1630 g/mol. The number of likely N-dealkylation sites (tertiary alicyclic amines) is 1. The van der Waals surface area contributed by atoms with Crippen LogP contribution in [-0.2, 0) is 32.9 Å². The Kier molecular flexibility index (Phi) is 39.1. The van der Waals surface area contributed by atoms with Crippen LogP contribution in [-0.4, -0.2) is 361 Å². The second kappa shape index (κ2) is 45.9. The Morgan fingerprint density at radius 2 is 0.850 bits per heavy atom. The molecule has 10 rings (SSSR count). The molecule has 8 aromatic rings. The van der Waals surface area contributed by atoms with E-state index < -0.39 is 116 Å². The minimum absolute atomic E-state index is 0. The van der Waals surface area contributed by atoms with Gasteiger partial charge >= 0.3 is 0 Å². The molecule has 22 nitrogen and oxygen atoms in total. The fourth-order valence-corrected chi connectivity index (χ4v) is 17.2. The highest BCUT2D eigenvalue weighted by Gasteiger charge is 2.53. The number of aryl methyl sites for hydroxylation is 2. The van der Waals surface area contributed by atoms with Crippen LogP contribution in [0.4, 0.5) is 57.7 Å². The van der Waals surface area contributed by atoms with Gasteiger partial charge in [0.05, 0.1) is 67.4 Å². The zero-order valence-electron chi connectivity index (χ0n) is 69.4. The molecule has 0 saturated carbocycles. The van der Waals surface area contributed by atoms with E-state index in [1.807, 2.05) is 27.7 Å². The Labute approximate surface area is 758 Å². The molecule has 4 aromatic heterocycles. The topological polar surface area (TPSA) is 260 Å². The lowest BCUT2D eigenvalue weighted by atomic mass is 8.30. The van der Waals surface area contributed by atoms with E-state index in [0.717, 1.165) is 100 Å². The predicted octanol–water partition coefficient (Wildman–Crippen LogP) is 0.557. The van der Waals surface area contributed by atoms with Crippen molar-refractivity contribution >= 4 is 359 Å². The van der Waals surface area contributed by atoms with Crippen LogP contribution in [0.25, 0.3) is 22.1 Å². The van der Waals surface area contributed by atoms with Gasteiger partial charge in [-0.05, 0) is 413 Å². The van der Waals surface area contributed by atoms with Gasteiger partial charge in [0, 0.05) is 51.3 Å². The summed E-state index contributed by atoms with van der Waals surface area (Å²) in [5.41, 5.74) is 10.6. The molecule has 5 N–H and O–H groups in total. The van der Waals surface area contributed by atoms with E-state index in [1.54, 1.807) is 49.1 Å². The number of fused-ring (bicyclic) bond motifs is 2. The van der Waals surface area contributed by atoms with E-state index in [4.69, 9.17) is 151 Å². The van der Waals surface area contributed by atoms with E-state index in [0.29, 0.717) is 89.1 Å². The average Bonchev–Trinajstić information content (AvgIpc) is 0.763. The van der Waals surface area contributed by atoms with Gasteiger partial charge in [0.2, 0.25) is 31.9 Å². The molecule has 0 unspecified atom stereocenters. The number of halogens is 2. The first-order chi connectivity index (χ1) is 56.0. The van der Waals surface area contributed by atoms with E-state index in [-0.39, 0.29) is 19.6 Å². The van der Waals surface area contributed by atoms with Crippen LogP contribution in [0.15, 0.2) is 94.7 Å². The number of aromatic nitrogens is 8. The van der Waals surface area contributed by atoms with Gasteiger partial charge in [0.15, 0.2) is 0 Å². The molecule has 2 saturated heterocycles. The first kappa shape index (κ1) is 102. The first-order valence-corrected chi connectivity index (χ1v) is 44.7. The molecule has 36 radical (unpaired) electrons. The van der Waals surface area contributed by atoms with Gasteiger partial charge in [-0.25, -0.2) is 26.8 Å². The fraction of sp³-hybridized carbons (Fsp3) is 0.419. The second-order valence-corrected chi connectivity index (χ2v) is 36.6. The molecule has 2 fully saturated rings. The zero-order valence-corrected chi connectivity index (χ0v) is 74.2. The summed E-state index contributed by atoms with van der Waals surface area (Å²) in [6.45, 7) is 16.6. The summed E-state index contributed by atoms with van der Waals surface area (Å²) in [5.74, 6) is 4.10. The smallest absolute Gasteiger partial charge is 0.232 e.